The highest BCUT2D eigenvalue weighted by atomic mass is 32.1. The summed E-state index contributed by atoms with van der Waals surface area (Å²) < 4.78 is 5.45. The van der Waals surface area contributed by atoms with Crippen LogP contribution in [-0.4, -0.2) is 31.6 Å². The van der Waals surface area contributed by atoms with Gasteiger partial charge in [0.05, 0.1) is 24.4 Å². The molecule has 6 heteroatoms. The Kier molecular flexibility index (Phi) is 6.37. The number of aliphatic imine (C=N–C) groups is 1. The van der Waals surface area contributed by atoms with E-state index in [2.05, 4.69) is 45.7 Å². The standard InChI is InChI=1S/C21H30N4OS/c1-15-19(27-16(2)25-15)13-23-20(22-3)24-14-21(10-5-6-11-21)17-8-7-9-18(12-17)26-4/h7-9,12H,5-6,10-11,13-14H2,1-4H3,(H2,22,23,24). The molecule has 27 heavy (non-hydrogen) atoms. The van der Waals surface area contributed by atoms with E-state index in [1.54, 1.807) is 18.4 Å². The van der Waals surface area contributed by atoms with Crippen molar-refractivity contribution >= 4 is 17.3 Å². The van der Waals surface area contributed by atoms with Crippen molar-refractivity contribution in [2.45, 2.75) is 51.5 Å². The van der Waals surface area contributed by atoms with E-state index in [-0.39, 0.29) is 5.41 Å². The van der Waals surface area contributed by atoms with Crippen LogP contribution >= 0.6 is 11.3 Å². The van der Waals surface area contributed by atoms with Crippen molar-refractivity contribution in [1.29, 1.82) is 0 Å². The average Bonchev–Trinajstić information content (AvgIpc) is 3.29. The van der Waals surface area contributed by atoms with Crippen molar-refractivity contribution in [2.75, 3.05) is 20.7 Å². The third-order valence-electron chi connectivity index (χ3n) is 5.48. The molecule has 1 aromatic heterocycles. The van der Waals surface area contributed by atoms with Crippen LogP contribution in [-0.2, 0) is 12.0 Å². The second-order valence-electron chi connectivity index (χ2n) is 7.24. The van der Waals surface area contributed by atoms with Crippen LogP contribution in [0.25, 0.3) is 0 Å². The van der Waals surface area contributed by atoms with Crippen molar-refractivity contribution in [2.24, 2.45) is 4.99 Å². The van der Waals surface area contributed by atoms with E-state index in [0.717, 1.165) is 35.5 Å². The lowest BCUT2D eigenvalue weighted by atomic mass is 9.78. The van der Waals surface area contributed by atoms with E-state index < -0.39 is 0 Å². The van der Waals surface area contributed by atoms with Crippen LogP contribution < -0.4 is 15.4 Å². The smallest absolute Gasteiger partial charge is 0.191 e. The molecular formula is C21H30N4OS. The van der Waals surface area contributed by atoms with Crippen molar-refractivity contribution < 1.29 is 4.74 Å². The molecule has 0 amide bonds. The van der Waals surface area contributed by atoms with Crippen LogP contribution in [0, 0.1) is 13.8 Å². The molecule has 0 spiro atoms. The number of methoxy groups -OCH3 is 1. The van der Waals surface area contributed by atoms with Gasteiger partial charge in [0, 0.05) is 23.9 Å². The fraction of sp³-hybridized carbons (Fsp3) is 0.524. The molecule has 0 atom stereocenters. The summed E-state index contributed by atoms with van der Waals surface area (Å²) in [7, 11) is 3.56. The molecular weight excluding hydrogens is 356 g/mol. The normalized spacial score (nSPS) is 16.4. The molecule has 0 radical (unpaired) electrons. The van der Waals surface area contributed by atoms with Crippen LogP contribution in [0.3, 0.4) is 0 Å². The minimum Gasteiger partial charge on any atom is -0.497 e. The Morgan fingerprint density at radius 3 is 2.67 bits per heavy atom. The molecule has 1 fully saturated rings. The number of nitrogens with one attached hydrogen (secondary N) is 2. The summed E-state index contributed by atoms with van der Waals surface area (Å²) in [5.41, 5.74) is 2.60. The van der Waals surface area contributed by atoms with E-state index in [0.29, 0.717) is 0 Å². The lowest BCUT2D eigenvalue weighted by molar-refractivity contribution is 0.404. The van der Waals surface area contributed by atoms with Gasteiger partial charge in [-0.05, 0) is 44.4 Å². The zero-order valence-electron chi connectivity index (χ0n) is 16.8. The van der Waals surface area contributed by atoms with Gasteiger partial charge >= 0.3 is 0 Å². The fourth-order valence-corrected chi connectivity index (χ4v) is 4.82. The number of aromatic nitrogens is 1. The summed E-state index contributed by atoms with van der Waals surface area (Å²) >= 11 is 1.74. The number of hydrogen-bond donors (Lipinski definition) is 2. The number of benzene rings is 1. The van der Waals surface area contributed by atoms with Gasteiger partial charge in [-0.15, -0.1) is 11.3 Å². The second kappa shape index (κ2) is 8.74. The minimum absolute atomic E-state index is 0.142. The Balaban J connectivity index is 1.66. The predicted octanol–water partition coefficient (Wildman–Crippen LogP) is 3.95. The zero-order valence-corrected chi connectivity index (χ0v) is 17.6. The highest BCUT2D eigenvalue weighted by molar-refractivity contribution is 7.11. The highest BCUT2D eigenvalue weighted by Crippen LogP contribution is 2.41. The van der Waals surface area contributed by atoms with Crippen molar-refractivity contribution in [3.05, 3.63) is 45.4 Å². The van der Waals surface area contributed by atoms with E-state index in [1.807, 2.05) is 20.0 Å². The molecule has 1 saturated carbocycles. The first-order chi connectivity index (χ1) is 13.1. The van der Waals surface area contributed by atoms with Crippen LogP contribution in [0.1, 0.15) is 46.8 Å². The molecule has 146 valence electrons. The average molecular weight is 387 g/mol. The van der Waals surface area contributed by atoms with Gasteiger partial charge < -0.3 is 15.4 Å². The molecule has 1 aromatic carbocycles. The molecule has 0 bridgehead atoms. The highest BCUT2D eigenvalue weighted by Gasteiger charge is 2.36. The summed E-state index contributed by atoms with van der Waals surface area (Å²) in [6, 6.07) is 8.53. The SMILES string of the molecule is CN=C(NCc1sc(C)nc1C)NCC1(c2cccc(OC)c2)CCCC1. The third kappa shape index (κ3) is 4.61. The van der Waals surface area contributed by atoms with Gasteiger partial charge in [-0.2, -0.15) is 0 Å². The van der Waals surface area contributed by atoms with Gasteiger partial charge in [-0.1, -0.05) is 25.0 Å². The van der Waals surface area contributed by atoms with Crippen LogP contribution in [0.2, 0.25) is 0 Å². The van der Waals surface area contributed by atoms with Gasteiger partial charge in [0.15, 0.2) is 5.96 Å². The van der Waals surface area contributed by atoms with Gasteiger partial charge in [0.2, 0.25) is 0 Å². The third-order valence-corrected chi connectivity index (χ3v) is 6.55. The number of aryl methyl sites for hydroxylation is 2. The van der Waals surface area contributed by atoms with Gasteiger partial charge in [0.25, 0.3) is 0 Å². The zero-order chi connectivity index (χ0) is 19.3. The van der Waals surface area contributed by atoms with Crippen molar-refractivity contribution in [3.8, 4) is 5.75 Å². The Hall–Kier alpha value is -2.08. The number of hydrogen-bond acceptors (Lipinski definition) is 4. The van der Waals surface area contributed by atoms with Gasteiger partial charge in [0.1, 0.15) is 5.75 Å². The number of nitrogens with zero attached hydrogens (tertiary/aromatic N) is 2. The summed E-state index contributed by atoms with van der Waals surface area (Å²) in [5.74, 6) is 1.77. The van der Waals surface area contributed by atoms with Crippen LogP contribution in [0.4, 0.5) is 0 Å². The Morgan fingerprint density at radius 1 is 1.26 bits per heavy atom. The van der Waals surface area contributed by atoms with Gasteiger partial charge in [-0.3, -0.25) is 4.99 Å². The first kappa shape index (κ1) is 19.7. The summed E-state index contributed by atoms with van der Waals surface area (Å²) in [6.45, 7) is 5.74. The van der Waals surface area contributed by atoms with E-state index >= 15 is 0 Å². The molecule has 1 heterocycles. The topological polar surface area (TPSA) is 58.5 Å². The first-order valence-corrected chi connectivity index (χ1v) is 10.4. The first-order valence-electron chi connectivity index (χ1n) is 9.58. The van der Waals surface area contributed by atoms with Gasteiger partial charge in [-0.25, -0.2) is 4.98 Å². The number of rotatable bonds is 6. The summed E-state index contributed by atoms with van der Waals surface area (Å²) in [5, 5.41) is 8.11. The maximum Gasteiger partial charge on any atom is 0.191 e. The molecule has 1 aliphatic carbocycles. The van der Waals surface area contributed by atoms with E-state index in [1.165, 1.54) is 36.1 Å². The molecule has 5 nitrogen and oxygen atoms in total. The lowest BCUT2D eigenvalue weighted by Gasteiger charge is -2.31. The minimum atomic E-state index is 0.142. The number of thiazole rings is 1. The van der Waals surface area contributed by atoms with E-state index in [9.17, 15) is 0 Å². The monoisotopic (exact) mass is 386 g/mol. The second-order valence-corrected chi connectivity index (χ2v) is 8.53. The number of ether oxygens (including phenoxy) is 1. The Morgan fingerprint density at radius 2 is 2.04 bits per heavy atom. The predicted molar refractivity (Wildman–Crippen MR) is 113 cm³/mol. The van der Waals surface area contributed by atoms with E-state index in [4.69, 9.17) is 4.74 Å². The largest absolute Gasteiger partial charge is 0.497 e. The lowest BCUT2D eigenvalue weighted by Crippen LogP contribution is -2.44. The maximum absolute atomic E-state index is 5.45. The molecule has 1 aliphatic rings. The van der Waals surface area contributed by atoms with Crippen molar-refractivity contribution in [3.63, 3.8) is 0 Å². The Bertz CT molecular complexity index is 793. The van der Waals surface area contributed by atoms with Crippen LogP contribution in [0.15, 0.2) is 29.3 Å². The quantitative estimate of drug-likeness (QED) is 0.583. The molecule has 3 rings (SSSR count). The Labute approximate surface area is 166 Å². The summed E-state index contributed by atoms with van der Waals surface area (Å²) in [6.07, 6.45) is 4.92. The fourth-order valence-electron chi connectivity index (χ4n) is 3.95. The molecule has 2 aromatic rings. The van der Waals surface area contributed by atoms with Crippen LogP contribution in [0.5, 0.6) is 5.75 Å². The number of guanidine groups is 1. The molecule has 2 N–H and O–H groups in total. The molecule has 0 aliphatic heterocycles. The maximum atomic E-state index is 5.45. The summed E-state index contributed by atoms with van der Waals surface area (Å²) in [4.78, 5) is 10.2. The van der Waals surface area contributed by atoms with Crippen molar-refractivity contribution in [1.82, 2.24) is 15.6 Å². The molecule has 0 unspecified atom stereocenters. The molecule has 0 saturated heterocycles.